The van der Waals surface area contributed by atoms with Gasteiger partial charge in [-0.15, -0.1) is 9.03 Å². The van der Waals surface area contributed by atoms with Crippen molar-refractivity contribution >= 4 is 65.0 Å². The SMILES string of the molecule is CB1N(C)B(C)N(C)B(NP2(NB3N(C)B(C)N(C)B(C)N3C)=NP(Oc3ccccc3)(Oc3ccccc3)=NP(Oc3ccccc3)(Oc3ccccc3)=N2)N1C. The van der Waals surface area contributed by atoms with Gasteiger partial charge in [0.2, 0.25) is 7.51 Å². The zero-order valence-corrected chi connectivity index (χ0v) is 37.7. The molecule has 3 aliphatic rings. The lowest BCUT2D eigenvalue weighted by Gasteiger charge is -2.51. The van der Waals surface area contributed by atoms with Crippen LogP contribution in [0.5, 0.6) is 23.0 Å². The Hall–Kier alpha value is -3.16. The molecule has 2 saturated heterocycles. The summed E-state index contributed by atoms with van der Waals surface area (Å²) < 4.78 is 59.0. The van der Waals surface area contributed by atoms with Gasteiger partial charge in [0.25, 0.3) is 27.9 Å². The average Bonchev–Trinajstić information content (AvgIpc) is 3.22. The van der Waals surface area contributed by atoms with Gasteiger partial charge in [-0.05, 0) is 90.8 Å². The van der Waals surface area contributed by atoms with Crippen LogP contribution < -0.4 is 28.1 Å². The van der Waals surface area contributed by atoms with E-state index < -0.39 is 22.8 Å². The number of para-hydroxylation sites is 4. The van der Waals surface area contributed by atoms with Gasteiger partial charge in [0.15, 0.2) is 0 Å². The fraction of sp³-hybridized carbons (Fsp3) is 0.294. The van der Waals surface area contributed by atoms with Crippen LogP contribution in [-0.2, 0) is 0 Å². The largest absolute Gasteiger partial charge is 0.457 e. The van der Waals surface area contributed by atoms with Gasteiger partial charge in [-0.1, -0.05) is 105 Å². The van der Waals surface area contributed by atoms with E-state index in [2.05, 4.69) is 108 Å². The van der Waals surface area contributed by atoms with E-state index in [1.807, 2.05) is 121 Å². The molecule has 2 N–H and O–H groups in total. The Morgan fingerprint density at radius 2 is 0.638 bits per heavy atom. The van der Waals surface area contributed by atoms with Crippen molar-refractivity contribution < 1.29 is 18.1 Å². The van der Waals surface area contributed by atoms with E-state index in [4.69, 9.17) is 31.6 Å². The molecule has 0 unspecified atom stereocenters. The Bertz CT molecular complexity index is 1930. The normalized spacial score (nSPS) is 20.6. The molecule has 7 rings (SSSR count). The van der Waals surface area contributed by atoms with Crippen molar-refractivity contribution in [2.75, 3.05) is 42.3 Å². The zero-order valence-electron chi connectivity index (χ0n) is 35.0. The second kappa shape index (κ2) is 17.8. The molecule has 0 bridgehead atoms. The van der Waals surface area contributed by atoms with Gasteiger partial charge in [-0.25, -0.2) is 0 Å². The summed E-state index contributed by atoms with van der Waals surface area (Å²) in [6.07, 6.45) is 0. The van der Waals surface area contributed by atoms with E-state index in [-0.39, 0.29) is 42.2 Å². The van der Waals surface area contributed by atoms with Crippen molar-refractivity contribution in [1.29, 1.82) is 0 Å². The third-order valence-corrected chi connectivity index (χ3v) is 20.1. The highest BCUT2D eigenvalue weighted by molar-refractivity contribution is 7.81. The van der Waals surface area contributed by atoms with Gasteiger partial charge in [-0.3, -0.25) is 10.00 Å². The maximum absolute atomic E-state index is 7.08. The molecule has 0 radical (unpaired) electrons. The highest BCUT2D eigenvalue weighted by Crippen LogP contribution is 2.76. The topological polar surface area (TPSA) is 118 Å². The number of nitrogens with zero attached hydrogens (tertiary/aromatic N) is 9. The van der Waals surface area contributed by atoms with Crippen molar-refractivity contribution in [2.45, 2.75) is 27.3 Å². The standard InChI is InChI=1S/C34H52B6N11O4P3/c1-35-46(5)36(2)49(8)39(48(35)7)41-56(42-40-50(9)37(3)47(6)38(4)51(40)10)43-57(52-31-23-15-11-16-24-31,53-32-25-17-12-18-26-32)45-58(44-56,54-33-27-19-13-20-28-33)55-34-29-21-14-22-30-34/h11-30,41-42H,1-10H3. The van der Waals surface area contributed by atoms with Crippen LogP contribution in [0.15, 0.2) is 135 Å². The minimum absolute atomic E-state index is 0.0633. The highest BCUT2D eigenvalue weighted by atomic mass is 31.3. The van der Waals surface area contributed by atoms with Gasteiger partial charge in [0.05, 0.1) is 0 Å². The van der Waals surface area contributed by atoms with Crippen molar-refractivity contribution in [3.05, 3.63) is 121 Å². The van der Waals surface area contributed by atoms with Crippen molar-refractivity contribution in [1.82, 2.24) is 38.3 Å². The third kappa shape index (κ3) is 9.11. The molecule has 3 heterocycles. The van der Waals surface area contributed by atoms with Gasteiger partial charge in [0, 0.05) is 0 Å². The average molecular weight is 837 g/mol. The van der Waals surface area contributed by atoms with Gasteiger partial charge >= 0.3 is 29.6 Å². The fourth-order valence-electron chi connectivity index (χ4n) is 7.17. The molecular formula is C34H52B6N11O4P3. The second-order valence-corrected chi connectivity index (χ2v) is 21.6. The van der Waals surface area contributed by atoms with E-state index in [1.165, 1.54) is 0 Å². The molecule has 2 fully saturated rings. The molecule has 0 aliphatic carbocycles. The monoisotopic (exact) mass is 837 g/mol. The second-order valence-electron chi connectivity index (χ2n) is 15.0. The quantitative estimate of drug-likeness (QED) is 0.110. The van der Waals surface area contributed by atoms with Crippen LogP contribution in [0.25, 0.3) is 0 Å². The van der Waals surface area contributed by atoms with Crippen LogP contribution in [0.3, 0.4) is 0 Å². The number of rotatable bonds is 12. The van der Waals surface area contributed by atoms with Gasteiger partial charge < -0.3 is 46.4 Å². The Labute approximate surface area is 347 Å². The van der Waals surface area contributed by atoms with Crippen LogP contribution in [0.2, 0.25) is 27.3 Å². The van der Waals surface area contributed by atoms with E-state index in [0.29, 0.717) is 23.0 Å². The van der Waals surface area contributed by atoms with Crippen LogP contribution in [0, 0.1) is 0 Å². The van der Waals surface area contributed by atoms with Crippen molar-refractivity contribution in [3.8, 4) is 23.0 Å². The molecule has 0 spiro atoms. The molecule has 300 valence electrons. The summed E-state index contributed by atoms with van der Waals surface area (Å²) in [7, 11) is 0.679. The third-order valence-electron chi connectivity index (χ3n) is 11.4. The minimum Gasteiger partial charge on any atom is -0.413 e. The lowest BCUT2D eigenvalue weighted by atomic mass is 9.49. The summed E-state index contributed by atoms with van der Waals surface area (Å²) in [5, 5.41) is 0. The van der Waals surface area contributed by atoms with Crippen LogP contribution in [0.4, 0.5) is 0 Å². The summed E-state index contributed by atoms with van der Waals surface area (Å²) in [5.41, 5.74) is 0. The summed E-state index contributed by atoms with van der Waals surface area (Å²) >= 11 is 0. The fourth-order valence-corrected chi connectivity index (χ4v) is 17.4. The van der Waals surface area contributed by atoms with Crippen molar-refractivity contribution in [3.63, 3.8) is 0 Å². The van der Waals surface area contributed by atoms with Crippen LogP contribution >= 0.6 is 22.8 Å². The number of benzene rings is 4. The minimum atomic E-state index is -3.87. The molecular weight excluding hydrogens is 784 g/mol. The number of nitrogens with one attached hydrogen (secondary N) is 2. The molecule has 0 saturated carbocycles. The van der Waals surface area contributed by atoms with E-state index >= 15 is 0 Å². The molecule has 3 aliphatic heterocycles. The smallest absolute Gasteiger partial charge is 0.413 e. The maximum Gasteiger partial charge on any atom is 0.457 e. The molecule has 58 heavy (non-hydrogen) atoms. The molecule has 4 aromatic rings. The first-order valence-corrected chi connectivity index (χ1v) is 24.3. The molecule has 0 amide bonds. The van der Waals surface area contributed by atoms with E-state index in [9.17, 15) is 0 Å². The van der Waals surface area contributed by atoms with E-state index in [1.54, 1.807) is 0 Å². The highest BCUT2D eigenvalue weighted by Gasteiger charge is 2.54. The van der Waals surface area contributed by atoms with Crippen LogP contribution in [-0.4, -0.2) is 113 Å². The lowest BCUT2D eigenvalue weighted by Crippen LogP contribution is -2.78. The Morgan fingerprint density at radius 3 is 0.914 bits per heavy atom. The first-order valence-electron chi connectivity index (χ1n) is 19.5. The van der Waals surface area contributed by atoms with E-state index in [0.717, 1.165) is 0 Å². The molecule has 24 heteroatoms. The lowest BCUT2D eigenvalue weighted by molar-refractivity contribution is 0.459. The summed E-state index contributed by atoms with van der Waals surface area (Å²) in [5.74, 6) is 2.12. The number of hydrogen-bond donors (Lipinski definition) is 2. The summed E-state index contributed by atoms with van der Waals surface area (Å²) in [6, 6.07) is 38.2. The summed E-state index contributed by atoms with van der Waals surface area (Å²) in [4.78, 5) is 8.07. The molecule has 4 aromatic carbocycles. The Kier molecular flexibility index (Phi) is 13.2. The molecule has 15 nitrogen and oxygen atoms in total. The maximum atomic E-state index is 7.08. The van der Waals surface area contributed by atoms with Gasteiger partial charge in [0.1, 0.15) is 23.0 Å². The number of hydrogen-bond acceptors (Lipinski definition) is 15. The predicted molar refractivity (Wildman–Crippen MR) is 247 cm³/mol. The van der Waals surface area contributed by atoms with Crippen molar-refractivity contribution in [2.24, 2.45) is 13.5 Å². The molecule has 0 atom stereocenters. The first-order chi connectivity index (χ1) is 27.7. The Morgan fingerprint density at radius 1 is 0.379 bits per heavy atom. The van der Waals surface area contributed by atoms with Gasteiger partial charge in [-0.2, -0.15) is 0 Å². The molecule has 0 aromatic heterocycles. The Balaban J connectivity index is 1.57. The first kappa shape index (κ1) is 42.9. The van der Waals surface area contributed by atoms with Crippen LogP contribution in [0.1, 0.15) is 0 Å². The predicted octanol–water partition coefficient (Wildman–Crippen LogP) is 7.39. The zero-order chi connectivity index (χ0) is 41.2. The summed E-state index contributed by atoms with van der Waals surface area (Å²) in [6.45, 7) is 9.05.